The van der Waals surface area contributed by atoms with Gasteiger partial charge in [-0.2, -0.15) is 0 Å². The van der Waals surface area contributed by atoms with Gasteiger partial charge in [-0.3, -0.25) is 0 Å². The first-order valence-electron chi connectivity index (χ1n) is 7.06. The molecule has 2 rings (SSSR count). The Morgan fingerprint density at radius 3 is 1.88 bits per heavy atom. The molecule has 2 fully saturated rings. The van der Waals surface area contributed by atoms with Gasteiger partial charge in [-0.05, 0) is 51.9 Å². The van der Waals surface area contributed by atoms with Crippen molar-refractivity contribution in [1.82, 2.24) is 9.47 Å². The molecule has 16 heavy (non-hydrogen) atoms. The smallest absolute Gasteiger partial charge is 0.119 e. The van der Waals surface area contributed by atoms with Gasteiger partial charge >= 0.3 is 0 Å². The summed E-state index contributed by atoms with van der Waals surface area (Å²) in [5, 5.41) is 0. The second-order valence-electron chi connectivity index (χ2n) is 6.49. The van der Waals surface area contributed by atoms with Crippen LogP contribution in [-0.2, 0) is 0 Å². The number of hydrogen-bond acceptors (Lipinski definition) is 2. The van der Waals surface area contributed by atoms with E-state index >= 15 is 0 Å². The molecule has 0 N–H and O–H groups in total. The molecule has 0 bridgehead atoms. The van der Waals surface area contributed by atoms with Crippen molar-refractivity contribution in [3.8, 4) is 0 Å². The maximum atomic E-state index is 2.79. The second kappa shape index (κ2) is 5.19. The fourth-order valence-electron chi connectivity index (χ4n) is 3.19. The molecule has 0 spiro atoms. The monoisotopic (exact) mass is 240 g/mol. The molecule has 2 heterocycles. The lowest BCUT2D eigenvalue weighted by Crippen LogP contribution is -2.54. The van der Waals surface area contributed by atoms with Crippen LogP contribution in [0.5, 0.6) is 0 Å². The lowest BCUT2D eigenvalue weighted by molar-refractivity contribution is 0.115. The summed E-state index contributed by atoms with van der Waals surface area (Å²) in [7, 11) is -1.02. The van der Waals surface area contributed by atoms with E-state index in [9.17, 15) is 0 Å². The van der Waals surface area contributed by atoms with Crippen molar-refractivity contribution >= 4 is 8.24 Å². The fraction of sp³-hybridized carbons (Fsp3) is 1.00. The molecular weight excluding hydrogens is 212 g/mol. The van der Waals surface area contributed by atoms with Crippen molar-refractivity contribution in [2.75, 3.05) is 26.2 Å². The fourth-order valence-corrected chi connectivity index (χ4v) is 4.79. The Kier molecular flexibility index (Phi) is 4.09. The predicted octanol–water partition coefficient (Wildman–Crippen LogP) is 2.77. The van der Waals surface area contributed by atoms with Crippen molar-refractivity contribution in [3.05, 3.63) is 0 Å². The Labute approximate surface area is 102 Å². The standard InChI is InChI=1S/C13H28N2Si/c1-16(2,3)15-11-7-13(8-12-15)14-9-5-4-6-10-14/h13H,4-12H2,1-3H3. The molecule has 2 saturated heterocycles. The van der Waals surface area contributed by atoms with E-state index in [4.69, 9.17) is 0 Å². The maximum absolute atomic E-state index is 2.79. The van der Waals surface area contributed by atoms with Gasteiger partial charge in [-0.1, -0.05) is 26.1 Å². The molecule has 0 aromatic carbocycles. The predicted molar refractivity (Wildman–Crippen MR) is 73.4 cm³/mol. The van der Waals surface area contributed by atoms with Crippen LogP contribution in [0.4, 0.5) is 0 Å². The topological polar surface area (TPSA) is 6.48 Å². The molecule has 2 nitrogen and oxygen atoms in total. The lowest BCUT2D eigenvalue weighted by atomic mass is 10.0. The summed E-state index contributed by atoms with van der Waals surface area (Å²) in [6.45, 7) is 12.9. The zero-order valence-electron chi connectivity index (χ0n) is 11.3. The highest BCUT2D eigenvalue weighted by atomic mass is 28.3. The molecule has 0 aromatic heterocycles. The molecule has 0 amide bonds. The van der Waals surface area contributed by atoms with Crippen molar-refractivity contribution in [1.29, 1.82) is 0 Å². The third-order valence-corrected chi connectivity index (χ3v) is 6.66. The highest BCUT2D eigenvalue weighted by molar-refractivity contribution is 6.73. The maximum Gasteiger partial charge on any atom is 0.119 e. The van der Waals surface area contributed by atoms with Crippen LogP contribution in [0.2, 0.25) is 19.6 Å². The molecule has 0 aromatic rings. The Hall–Kier alpha value is 0.137. The van der Waals surface area contributed by atoms with Crippen LogP contribution in [0.1, 0.15) is 32.1 Å². The molecule has 0 atom stereocenters. The Morgan fingerprint density at radius 1 is 0.812 bits per heavy atom. The zero-order valence-corrected chi connectivity index (χ0v) is 12.3. The minimum Gasteiger partial charge on any atom is -0.324 e. The number of hydrogen-bond donors (Lipinski definition) is 0. The summed E-state index contributed by atoms with van der Waals surface area (Å²) in [6.07, 6.45) is 7.18. The minimum atomic E-state index is -1.02. The summed E-state index contributed by atoms with van der Waals surface area (Å²) >= 11 is 0. The highest BCUT2D eigenvalue weighted by Crippen LogP contribution is 2.23. The van der Waals surface area contributed by atoms with Gasteiger partial charge in [0.15, 0.2) is 0 Å². The molecule has 2 aliphatic heterocycles. The summed E-state index contributed by atoms with van der Waals surface area (Å²) in [5.41, 5.74) is 0. The third kappa shape index (κ3) is 3.08. The largest absolute Gasteiger partial charge is 0.324 e. The first-order chi connectivity index (χ1) is 7.57. The average molecular weight is 240 g/mol. The normalized spacial score (nSPS) is 27.2. The van der Waals surface area contributed by atoms with E-state index in [0.29, 0.717) is 0 Å². The number of piperidine rings is 2. The van der Waals surface area contributed by atoms with Crippen LogP contribution in [0.25, 0.3) is 0 Å². The first kappa shape index (κ1) is 12.6. The van der Waals surface area contributed by atoms with Gasteiger partial charge in [-0.25, -0.2) is 0 Å². The van der Waals surface area contributed by atoms with E-state index in [1.165, 1.54) is 58.3 Å². The zero-order chi connectivity index (χ0) is 11.6. The van der Waals surface area contributed by atoms with Gasteiger partial charge in [-0.15, -0.1) is 0 Å². The summed E-state index contributed by atoms with van der Waals surface area (Å²) in [6, 6.07) is 0.910. The average Bonchev–Trinajstić information content (AvgIpc) is 2.29. The first-order valence-corrected chi connectivity index (χ1v) is 10.5. The lowest BCUT2D eigenvalue weighted by Gasteiger charge is -2.44. The van der Waals surface area contributed by atoms with Crippen LogP contribution >= 0.6 is 0 Å². The van der Waals surface area contributed by atoms with Gasteiger partial charge in [0.05, 0.1) is 0 Å². The summed E-state index contributed by atoms with van der Waals surface area (Å²) in [4.78, 5) is 2.77. The third-order valence-electron chi connectivity index (χ3n) is 4.32. The van der Waals surface area contributed by atoms with Crippen LogP contribution in [0.3, 0.4) is 0 Å². The van der Waals surface area contributed by atoms with Crippen molar-refractivity contribution in [3.63, 3.8) is 0 Å². The molecule has 2 aliphatic rings. The molecule has 3 heteroatoms. The van der Waals surface area contributed by atoms with Crippen molar-refractivity contribution < 1.29 is 0 Å². The van der Waals surface area contributed by atoms with Crippen LogP contribution < -0.4 is 0 Å². The number of nitrogens with zero attached hydrogens (tertiary/aromatic N) is 2. The Balaban J connectivity index is 1.80. The summed E-state index contributed by atoms with van der Waals surface area (Å²) in [5.74, 6) is 0. The van der Waals surface area contributed by atoms with Gasteiger partial charge < -0.3 is 9.47 Å². The number of likely N-dealkylation sites (tertiary alicyclic amines) is 1. The SMILES string of the molecule is C[Si](C)(C)N1CCC(N2CCCCC2)CC1. The van der Waals surface area contributed by atoms with Crippen LogP contribution in [0.15, 0.2) is 0 Å². The van der Waals surface area contributed by atoms with Gasteiger partial charge in [0.1, 0.15) is 8.24 Å². The molecular formula is C13H28N2Si. The van der Waals surface area contributed by atoms with Crippen molar-refractivity contribution in [2.45, 2.75) is 57.8 Å². The van der Waals surface area contributed by atoms with E-state index in [2.05, 4.69) is 29.1 Å². The minimum absolute atomic E-state index is 0.910. The number of rotatable bonds is 2. The molecule has 94 valence electrons. The Morgan fingerprint density at radius 2 is 1.38 bits per heavy atom. The van der Waals surface area contributed by atoms with Crippen LogP contribution in [0, 0.1) is 0 Å². The van der Waals surface area contributed by atoms with Crippen molar-refractivity contribution in [2.24, 2.45) is 0 Å². The highest BCUT2D eigenvalue weighted by Gasteiger charge is 2.30. The van der Waals surface area contributed by atoms with E-state index in [0.717, 1.165) is 6.04 Å². The second-order valence-corrected chi connectivity index (χ2v) is 11.5. The van der Waals surface area contributed by atoms with E-state index in [1.807, 2.05) is 0 Å². The molecule has 0 aliphatic carbocycles. The van der Waals surface area contributed by atoms with Crippen LogP contribution in [-0.4, -0.2) is 49.9 Å². The van der Waals surface area contributed by atoms with E-state index < -0.39 is 8.24 Å². The molecule has 0 unspecified atom stereocenters. The summed E-state index contributed by atoms with van der Waals surface area (Å²) < 4.78 is 2.79. The van der Waals surface area contributed by atoms with E-state index in [1.54, 1.807) is 0 Å². The van der Waals surface area contributed by atoms with Gasteiger partial charge in [0.2, 0.25) is 0 Å². The van der Waals surface area contributed by atoms with Gasteiger partial charge in [0.25, 0.3) is 0 Å². The molecule has 0 saturated carbocycles. The quantitative estimate of drug-likeness (QED) is 0.685. The molecule has 0 radical (unpaired) electrons. The van der Waals surface area contributed by atoms with Gasteiger partial charge in [0, 0.05) is 6.04 Å². The Bertz CT molecular complexity index is 210. The van der Waals surface area contributed by atoms with E-state index in [-0.39, 0.29) is 0 Å².